The van der Waals surface area contributed by atoms with Crippen molar-refractivity contribution in [2.24, 2.45) is 11.1 Å². The molecule has 8 heteroatoms. The second kappa shape index (κ2) is 5.65. The summed E-state index contributed by atoms with van der Waals surface area (Å²) in [5.74, 6) is 0. The topological polar surface area (TPSA) is 118 Å². The first-order chi connectivity index (χ1) is 12.2. The molecule has 8 nitrogen and oxygen atoms in total. The van der Waals surface area contributed by atoms with E-state index in [4.69, 9.17) is 10.5 Å². The third-order valence-corrected chi connectivity index (χ3v) is 5.07. The number of nitriles is 1. The molecule has 0 atom stereocenters. The average molecular weight is 337 g/mol. The molecule has 1 saturated carbocycles. The molecule has 128 valence electrons. The van der Waals surface area contributed by atoms with Crippen LogP contribution in [0.5, 0.6) is 0 Å². The van der Waals surface area contributed by atoms with Gasteiger partial charge in [0.2, 0.25) is 0 Å². The molecular weight excluding hydrogens is 318 g/mol. The molecule has 1 aliphatic rings. The number of aromatic amines is 1. The van der Waals surface area contributed by atoms with Crippen molar-refractivity contribution < 1.29 is 4.74 Å². The van der Waals surface area contributed by atoms with E-state index in [2.05, 4.69) is 26.1 Å². The van der Waals surface area contributed by atoms with E-state index in [0.29, 0.717) is 26.0 Å². The minimum absolute atomic E-state index is 0.350. The Hall–Kier alpha value is -2.76. The molecule has 0 bridgehead atoms. The van der Waals surface area contributed by atoms with E-state index in [-0.39, 0.29) is 5.54 Å². The van der Waals surface area contributed by atoms with Gasteiger partial charge in [0.05, 0.1) is 35.5 Å². The van der Waals surface area contributed by atoms with Crippen LogP contribution >= 0.6 is 0 Å². The zero-order valence-electron chi connectivity index (χ0n) is 13.9. The van der Waals surface area contributed by atoms with Gasteiger partial charge in [0.25, 0.3) is 0 Å². The Balaban J connectivity index is 1.68. The second-order valence-corrected chi connectivity index (χ2v) is 6.74. The van der Waals surface area contributed by atoms with Crippen molar-refractivity contribution in [1.29, 1.82) is 5.26 Å². The van der Waals surface area contributed by atoms with Crippen molar-refractivity contribution in [3.05, 3.63) is 31.0 Å². The maximum atomic E-state index is 9.50. The highest BCUT2D eigenvalue weighted by Gasteiger charge is 2.56. The van der Waals surface area contributed by atoms with Crippen LogP contribution in [0.4, 0.5) is 0 Å². The third-order valence-electron chi connectivity index (χ3n) is 5.07. The monoisotopic (exact) mass is 337 g/mol. The lowest BCUT2D eigenvalue weighted by Gasteiger charge is -2.51. The molecule has 3 aromatic rings. The molecule has 0 aliphatic heterocycles. The zero-order valence-corrected chi connectivity index (χ0v) is 13.9. The fraction of sp³-hybridized carbons (Fsp3) is 0.412. The van der Waals surface area contributed by atoms with E-state index >= 15 is 0 Å². The molecule has 1 aliphatic carbocycles. The highest BCUT2D eigenvalue weighted by Crippen LogP contribution is 2.52. The van der Waals surface area contributed by atoms with Crippen molar-refractivity contribution >= 4 is 11.0 Å². The van der Waals surface area contributed by atoms with E-state index in [1.54, 1.807) is 13.3 Å². The summed E-state index contributed by atoms with van der Waals surface area (Å²) in [6.45, 7) is 0.833. The van der Waals surface area contributed by atoms with Crippen molar-refractivity contribution in [3.8, 4) is 17.3 Å². The number of methoxy groups -OCH3 is 1. The summed E-state index contributed by atoms with van der Waals surface area (Å²) in [6.07, 6.45) is 8.38. The van der Waals surface area contributed by atoms with Gasteiger partial charge in [-0.25, -0.2) is 9.97 Å². The third kappa shape index (κ3) is 2.32. The van der Waals surface area contributed by atoms with Gasteiger partial charge < -0.3 is 15.5 Å². The van der Waals surface area contributed by atoms with E-state index in [9.17, 15) is 5.26 Å². The van der Waals surface area contributed by atoms with Gasteiger partial charge >= 0.3 is 0 Å². The van der Waals surface area contributed by atoms with E-state index < -0.39 is 5.41 Å². The van der Waals surface area contributed by atoms with Gasteiger partial charge in [0, 0.05) is 37.0 Å². The minimum Gasteiger partial charge on any atom is -0.383 e. The van der Waals surface area contributed by atoms with Crippen LogP contribution in [0.15, 0.2) is 31.0 Å². The molecule has 3 heterocycles. The number of nitrogens with two attached hydrogens (primary N) is 1. The number of hydrogen-bond donors (Lipinski definition) is 2. The Morgan fingerprint density at radius 2 is 2.28 bits per heavy atom. The van der Waals surface area contributed by atoms with Crippen LogP contribution in [-0.4, -0.2) is 45.0 Å². The number of hydrogen-bond acceptors (Lipinski definition) is 6. The van der Waals surface area contributed by atoms with Gasteiger partial charge in [0.1, 0.15) is 12.0 Å². The number of ether oxygens (including phenoxy) is 1. The van der Waals surface area contributed by atoms with Crippen LogP contribution in [0, 0.1) is 16.7 Å². The number of nitrogens with zero attached hydrogens (tertiary/aromatic N) is 5. The standard InChI is InChI=1S/C17H19N7O/c1-25-10-16(8-18)6-17(7-16,9-19)24-5-12(4-23-24)14-13-2-3-20-15(13)22-11-21-14/h2-5,11H,6-7,9-10,19H2,1H3,(H,20,21,22). The van der Waals surface area contributed by atoms with Crippen LogP contribution in [0.1, 0.15) is 12.8 Å². The zero-order chi connectivity index (χ0) is 17.5. The van der Waals surface area contributed by atoms with Crippen LogP contribution in [0.25, 0.3) is 22.3 Å². The molecule has 0 unspecified atom stereocenters. The summed E-state index contributed by atoms with van der Waals surface area (Å²) in [4.78, 5) is 11.7. The van der Waals surface area contributed by atoms with Gasteiger partial charge in [0.15, 0.2) is 0 Å². The average Bonchev–Trinajstić information content (AvgIpc) is 3.26. The van der Waals surface area contributed by atoms with E-state index in [0.717, 1.165) is 22.3 Å². The lowest BCUT2D eigenvalue weighted by atomic mass is 9.58. The first-order valence-electron chi connectivity index (χ1n) is 8.09. The second-order valence-electron chi connectivity index (χ2n) is 6.74. The summed E-state index contributed by atoms with van der Waals surface area (Å²) in [5, 5.41) is 15.0. The molecule has 0 saturated heterocycles. The summed E-state index contributed by atoms with van der Waals surface area (Å²) in [5.41, 5.74) is 7.74. The van der Waals surface area contributed by atoms with Gasteiger partial charge in [-0.05, 0) is 18.9 Å². The van der Waals surface area contributed by atoms with Crippen molar-refractivity contribution in [1.82, 2.24) is 24.7 Å². The summed E-state index contributed by atoms with van der Waals surface area (Å²) in [6, 6.07) is 4.34. The van der Waals surface area contributed by atoms with Gasteiger partial charge in [-0.3, -0.25) is 4.68 Å². The van der Waals surface area contributed by atoms with Crippen LogP contribution < -0.4 is 5.73 Å². The maximum absolute atomic E-state index is 9.50. The van der Waals surface area contributed by atoms with Crippen LogP contribution in [-0.2, 0) is 10.3 Å². The Morgan fingerprint density at radius 3 is 3.00 bits per heavy atom. The smallest absolute Gasteiger partial charge is 0.141 e. The Bertz CT molecular complexity index is 945. The Morgan fingerprint density at radius 1 is 1.44 bits per heavy atom. The first kappa shape index (κ1) is 15.7. The fourth-order valence-electron chi connectivity index (χ4n) is 3.90. The van der Waals surface area contributed by atoms with Crippen molar-refractivity contribution in [2.75, 3.05) is 20.3 Å². The molecule has 25 heavy (non-hydrogen) atoms. The molecule has 1 fully saturated rings. The number of fused-ring (bicyclic) bond motifs is 1. The van der Waals surface area contributed by atoms with E-state index in [1.165, 1.54) is 6.33 Å². The van der Waals surface area contributed by atoms with Crippen LogP contribution in [0.2, 0.25) is 0 Å². The molecule has 0 spiro atoms. The molecule has 3 aromatic heterocycles. The lowest BCUT2D eigenvalue weighted by molar-refractivity contribution is -0.0395. The highest BCUT2D eigenvalue weighted by atomic mass is 16.5. The predicted molar refractivity (Wildman–Crippen MR) is 91.3 cm³/mol. The first-order valence-corrected chi connectivity index (χ1v) is 8.09. The van der Waals surface area contributed by atoms with E-state index in [1.807, 2.05) is 23.1 Å². The minimum atomic E-state index is -0.483. The molecule has 3 N–H and O–H groups in total. The largest absolute Gasteiger partial charge is 0.383 e. The highest BCUT2D eigenvalue weighted by molar-refractivity contribution is 5.89. The Kier molecular flexibility index (Phi) is 3.56. The van der Waals surface area contributed by atoms with Gasteiger partial charge in [-0.15, -0.1) is 0 Å². The number of nitrogens with one attached hydrogen (secondary N) is 1. The van der Waals surface area contributed by atoms with Crippen LogP contribution in [0.3, 0.4) is 0 Å². The number of aromatic nitrogens is 5. The van der Waals surface area contributed by atoms with Gasteiger partial charge in [-0.1, -0.05) is 0 Å². The lowest BCUT2D eigenvalue weighted by Crippen LogP contribution is -2.58. The summed E-state index contributed by atoms with van der Waals surface area (Å²) in [7, 11) is 1.62. The molecule has 0 radical (unpaired) electrons. The normalized spacial score (nSPS) is 25.6. The predicted octanol–water partition coefficient (Wildman–Crippen LogP) is 1.43. The SMILES string of the molecule is COCC1(C#N)CC(CN)(n2cc(-c3ncnc4[nH]ccc34)cn2)C1. The van der Waals surface area contributed by atoms with Gasteiger partial charge in [-0.2, -0.15) is 10.4 Å². The number of H-pyrrole nitrogens is 1. The quantitative estimate of drug-likeness (QED) is 0.727. The molecule has 0 amide bonds. The van der Waals surface area contributed by atoms with Crippen molar-refractivity contribution in [2.45, 2.75) is 18.4 Å². The fourth-order valence-corrected chi connectivity index (χ4v) is 3.90. The Labute approximate surface area is 144 Å². The summed E-state index contributed by atoms with van der Waals surface area (Å²) < 4.78 is 7.10. The van der Waals surface area contributed by atoms with Crippen molar-refractivity contribution in [3.63, 3.8) is 0 Å². The summed E-state index contributed by atoms with van der Waals surface area (Å²) >= 11 is 0. The molecular formula is C17H19N7O. The molecule has 0 aromatic carbocycles. The maximum Gasteiger partial charge on any atom is 0.141 e. The molecule has 4 rings (SSSR count). The number of rotatable bonds is 5.